The van der Waals surface area contributed by atoms with Crippen LogP contribution in [0.2, 0.25) is 0 Å². The van der Waals surface area contributed by atoms with Crippen molar-refractivity contribution in [1.29, 1.82) is 0 Å². The predicted octanol–water partition coefficient (Wildman–Crippen LogP) is 1.02. The molecule has 0 aromatic carbocycles. The molecule has 0 bridgehead atoms. The quantitative estimate of drug-likeness (QED) is 0.700. The summed E-state index contributed by atoms with van der Waals surface area (Å²) < 4.78 is 0. The number of hydrogen-bond donors (Lipinski definition) is 3. The van der Waals surface area contributed by atoms with Crippen LogP contribution in [-0.2, 0) is 24.1 Å². The lowest BCUT2D eigenvalue weighted by Gasteiger charge is -2.18. The summed E-state index contributed by atoms with van der Waals surface area (Å²) in [6.07, 6.45) is 4.69. The highest BCUT2D eigenvalue weighted by Crippen LogP contribution is 2.20. The molecule has 24 heavy (non-hydrogen) atoms. The molecule has 1 aliphatic rings. The highest BCUT2D eigenvalue weighted by atomic mass is 16.1. The standard InChI is InChI=1S/C16H23N7O/c1-2-12(10-14-20-22-23-21-14)18-15(24)8-7-13-6-5-11-4-3-9-17-16(11)19-13/h5-6,12H,2-4,7-10H2,1H3,(H,17,19)(H,18,24)(H,20,21,22,23). The highest BCUT2D eigenvalue weighted by molar-refractivity contribution is 5.76. The van der Waals surface area contributed by atoms with Gasteiger partial charge >= 0.3 is 0 Å². The second-order valence-corrected chi connectivity index (χ2v) is 6.05. The van der Waals surface area contributed by atoms with Crippen molar-refractivity contribution in [3.05, 3.63) is 29.2 Å². The first-order valence-electron chi connectivity index (χ1n) is 8.49. The molecule has 1 unspecified atom stereocenters. The molecule has 128 valence electrons. The van der Waals surface area contributed by atoms with Gasteiger partial charge in [-0.25, -0.2) is 4.98 Å². The van der Waals surface area contributed by atoms with Crippen molar-refractivity contribution in [2.75, 3.05) is 11.9 Å². The number of carbonyl (C=O) groups is 1. The van der Waals surface area contributed by atoms with E-state index in [-0.39, 0.29) is 11.9 Å². The molecule has 2 aromatic rings. The van der Waals surface area contributed by atoms with Crippen LogP contribution in [0.5, 0.6) is 0 Å². The molecule has 0 aliphatic carbocycles. The number of nitrogens with one attached hydrogen (secondary N) is 3. The summed E-state index contributed by atoms with van der Waals surface area (Å²) in [5, 5.41) is 20.2. The van der Waals surface area contributed by atoms with E-state index in [1.54, 1.807) is 0 Å². The first kappa shape index (κ1) is 16.4. The van der Waals surface area contributed by atoms with Gasteiger partial charge in [0.25, 0.3) is 0 Å². The number of anilines is 1. The Bertz CT molecular complexity index is 671. The number of pyridine rings is 1. The summed E-state index contributed by atoms with van der Waals surface area (Å²) in [5.41, 5.74) is 2.21. The molecule has 3 N–H and O–H groups in total. The van der Waals surface area contributed by atoms with Crippen LogP contribution in [0.1, 0.15) is 43.3 Å². The zero-order chi connectivity index (χ0) is 16.8. The Hall–Kier alpha value is -2.51. The van der Waals surface area contributed by atoms with E-state index in [0.29, 0.717) is 25.1 Å². The predicted molar refractivity (Wildman–Crippen MR) is 89.5 cm³/mol. The number of hydrogen-bond acceptors (Lipinski definition) is 6. The normalized spacial score (nSPS) is 14.5. The Morgan fingerprint density at radius 2 is 2.33 bits per heavy atom. The summed E-state index contributed by atoms with van der Waals surface area (Å²) in [6, 6.07) is 4.16. The smallest absolute Gasteiger partial charge is 0.220 e. The van der Waals surface area contributed by atoms with Gasteiger partial charge in [0, 0.05) is 31.1 Å². The molecular formula is C16H23N7O. The van der Waals surface area contributed by atoms with Gasteiger partial charge in [-0.3, -0.25) is 4.79 Å². The third kappa shape index (κ3) is 4.27. The zero-order valence-electron chi connectivity index (χ0n) is 13.9. The van der Waals surface area contributed by atoms with Crippen molar-refractivity contribution in [2.45, 2.75) is 51.5 Å². The van der Waals surface area contributed by atoms with Crippen LogP contribution in [0.4, 0.5) is 5.82 Å². The summed E-state index contributed by atoms with van der Waals surface area (Å²) in [5.74, 6) is 1.62. The Kier molecular flexibility index (Phi) is 5.35. The molecule has 0 spiro atoms. The second kappa shape index (κ2) is 7.85. The topological polar surface area (TPSA) is 108 Å². The zero-order valence-corrected chi connectivity index (χ0v) is 13.9. The van der Waals surface area contributed by atoms with Crippen LogP contribution in [0.25, 0.3) is 0 Å². The third-order valence-electron chi connectivity index (χ3n) is 4.24. The summed E-state index contributed by atoms with van der Waals surface area (Å²) in [6.45, 7) is 3.00. The Morgan fingerprint density at radius 1 is 1.42 bits per heavy atom. The molecule has 2 aromatic heterocycles. The number of aromatic amines is 1. The van der Waals surface area contributed by atoms with Gasteiger partial charge in [0.2, 0.25) is 5.91 Å². The van der Waals surface area contributed by atoms with Gasteiger partial charge in [0.15, 0.2) is 5.82 Å². The lowest BCUT2D eigenvalue weighted by molar-refractivity contribution is -0.121. The average Bonchev–Trinajstić information content (AvgIpc) is 3.12. The van der Waals surface area contributed by atoms with Crippen LogP contribution in [0.3, 0.4) is 0 Å². The van der Waals surface area contributed by atoms with Crippen molar-refractivity contribution >= 4 is 11.7 Å². The highest BCUT2D eigenvalue weighted by Gasteiger charge is 2.15. The second-order valence-electron chi connectivity index (χ2n) is 6.05. The minimum atomic E-state index is 0.0215. The van der Waals surface area contributed by atoms with Crippen molar-refractivity contribution in [1.82, 2.24) is 30.9 Å². The van der Waals surface area contributed by atoms with Gasteiger partial charge in [-0.2, -0.15) is 5.21 Å². The van der Waals surface area contributed by atoms with Gasteiger partial charge in [-0.15, -0.1) is 10.2 Å². The lowest BCUT2D eigenvalue weighted by atomic mass is 10.1. The van der Waals surface area contributed by atoms with E-state index in [0.717, 1.165) is 37.3 Å². The van der Waals surface area contributed by atoms with E-state index in [2.05, 4.69) is 42.3 Å². The van der Waals surface area contributed by atoms with Gasteiger partial charge in [-0.1, -0.05) is 18.2 Å². The summed E-state index contributed by atoms with van der Waals surface area (Å²) in [7, 11) is 0. The lowest BCUT2D eigenvalue weighted by Crippen LogP contribution is -2.36. The van der Waals surface area contributed by atoms with Crippen molar-refractivity contribution in [3.8, 4) is 0 Å². The number of amides is 1. The van der Waals surface area contributed by atoms with E-state index < -0.39 is 0 Å². The fraction of sp³-hybridized carbons (Fsp3) is 0.562. The van der Waals surface area contributed by atoms with Crippen molar-refractivity contribution in [2.24, 2.45) is 0 Å². The molecule has 3 heterocycles. The molecule has 0 radical (unpaired) electrons. The number of rotatable bonds is 7. The molecule has 1 atom stereocenters. The van der Waals surface area contributed by atoms with Gasteiger partial charge < -0.3 is 10.6 Å². The van der Waals surface area contributed by atoms with Crippen LogP contribution in [0, 0.1) is 0 Å². The fourth-order valence-electron chi connectivity index (χ4n) is 2.84. The molecule has 0 fully saturated rings. The van der Waals surface area contributed by atoms with Gasteiger partial charge in [0.05, 0.1) is 0 Å². The maximum atomic E-state index is 12.2. The maximum Gasteiger partial charge on any atom is 0.220 e. The Balaban J connectivity index is 1.49. The molecule has 1 aliphatic heterocycles. The van der Waals surface area contributed by atoms with Crippen molar-refractivity contribution in [3.63, 3.8) is 0 Å². The molecule has 3 rings (SSSR count). The average molecular weight is 329 g/mol. The number of H-pyrrole nitrogens is 1. The number of aromatic nitrogens is 5. The van der Waals surface area contributed by atoms with E-state index in [1.807, 2.05) is 13.0 Å². The maximum absolute atomic E-state index is 12.2. The molecule has 0 saturated heterocycles. The van der Waals surface area contributed by atoms with E-state index in [9.17, 15) is 4.79 Å². The minimum absolute atomic E-state index is 0.0215. The third-order valence-corrected chi connectivity index (χ3v) is 4.24. The number of fused-ring (bicyclic) bond motifs is 1. The Labute approximate surface area is 140 Å². The van der Waals surface area contributed by atoms with Crippen molar-refractivity contribution < 1.29 is 4.79 Å². The molecule has 8 heteroatoms. The largest absolute Gasteiger partial charge is 0.370 e. The number of aryl methyl sites for hydroxylation is 2. The molecule has 0 saturated carbocycles. The van der Waals surface area contributed by atoms with Crippen LogP contribution in [0.15, 0.2) is 12.1 Å². The summed E-state index contributed by atoms with van der Waals surface area (Å²) in [4.78, 5) is 16.8. The fourth-order valence-corrected chi connectivity index (χ4v) is 2.84. The minimum Gasteiger partial charge on any atom is -0.370 e. The van der Waals surface area contributed by atoms with Crippen LogP contribution >= 0.6 is 0 Å². The molecule has 1 amide bonds. The molecule has 8 nitrogen and oxygen atoms in total. The van der Waals surface area contributed by atoms with E-state index in [1.165, 1.54) is 5.56 Å². The number of tetrazole rings is 1. The van der Waals surface area contributed by atoms with Crippen LogP contribution in [-0.4, -0.2) is 44.1 Å². The number of nitrogens with zero attached hydrogens (tertiary/aromatic N) is 4. The monoisotopic (exact) mass is 329 g/mol. The first-order chi connectivity index (χ1) is 11.7. The summed E-state index contributed by atoms with van der Waals surface area (Å²) >= 11 is 0. The SMILES string of the molecule is CCC(Cc1nn[nH]n1)NC(=O)CCc1ccc2c(n1)NCCC2. The van der Waals surface area contributed by atoms with Gasteiger partial charge in [0.1, 0.15) is 5.82 Å². The number of carbonyl (C=O) groups excluding carboxylic acids is 1. The molecular weight excluding hydrogens is 306 g/mol. The first-order valence-corrected chi connectivity index (χ1v) is 8.49. The van der Waals surface area contributed by atoms with Gasteiger partial charge in [-0.05, 0) is 37.3 Å². The van der Waals surface area contributed by atoms with Crippen LogP contribution < -0.4 is 10.6 Å². The van der Waals surface area contributed by atoms with E-state index >= 15 is 0 Å². The Morgan fingerprint density at radius 3 is 3.12 bits per heavy atom. The van der Waals surface area contributed by atoms with E-state index in [4.69, 9.17) is 0 Å².